The minimum atomic E-state index is -4.61. The Labute approximate surface area is 121 Å². The standard InChI is InChI=1S/C13H14F3NO3S/c1-2-17(10-13(14,15)16)21(19,20)12-7-3-5-11(9-12)6-4-8-18/h3,5,7,9,18H,2,8,10H2,1H3. The van der Waals surface area contributed by atoms with Crippen LogP contribution in [0, 0.1) is 11.8 Å². The molecular weight excluding hydrogens is 307 g/mol. The number of halogens is 3. The molecule has 1 aromatic carbocycles. The van der Waals surface area contributed by atoms with Crippen LogP contribution in [0.2, 0.25) is 0 Å². The first-order chi connectivity index (χ1) is 9.70. The average Bonchev–Trinajstić information content (AvgIpc) is 2.41. The van der Waals surface area contributed by atoms with Gasteiger partial charge >= 0.3 is 6.18 Å². The number of aliphatic hydroxyl groups is 1. The molecule has 0 fully saturated rings. The minimum Gasteiger partial charge on any atom is -0.384 e. The molecule has 21 heavy (non-hydrogen) atoms. The fourth-order valence-corrected chi connectivity index (χ4v) is 3.07. The first kappa shape index (κ1) is 17.5. The van der Waals surface area contributed by atoms with Crippen LogP contribution in [0.5, 0.6) is 0 Å². The van der Waals surface area contributed by atoms with Crippen molar-refractivity contribution in [1.82, 2.24) is 4.31 Å². The minimum absolute atomic E-state index is 0.265. The van der Waals surface area contributed by atoms with E-state index in [-0.39, 0.29) is 11.4 Å². The Balaban J connectivity index is 3.17. The van der Waals surface area contributed by atoms with Gasteiger partial charge in [0.25, 0.3) is 0 Å². The largest absolute Gasteiger partial charge is 0.402 e. The molecule has 0 amide bonds. The number of sulfonamides is 1. The lowest BCUT2D eigenvalue weighted by Gasteiger charge is -2.21. The fraction of sp³-hybridized carbons (Fsp3) is 0.385. The first-order valence-electron chi connectivity index (χ1n) is 5.97. The molecule has 0 unspecified atom stereocenters. The van der Waals surface area contributed by atoms with E-state index >= 15 is 0 Å². The Morgan fingerprint density at radius 3 is 2.52 bits per heavy atom. The Morgan fingerprint density at radius 1 is 1.33 bits per heavy atom. The molecule has 0 radical (unpaired) electrons. The molecule has 1 N–H and O–H groups in total. The van der Waals surface area contributed by atoms with Gasteiger partial charge in [0.05, 0.1) is 4.90 Å². The highest BCUT2D eigenvalue weighted by molar-refractivity contribution is 7.89. The second-order valence-electron chi connectivity index (χ2n) is 4.03. The van der Waals surface area contributed by atoms with Crippen molar-refractivity contribution in [2.24, 2.45) is 0 Å². The van der Waals surface area contributed by atoms with Crippen LogP contribution in [0.1, 0.15) is 12.5 Å². The zero-order valence-corrected chi connectivity index (χ0v) is 12.0. The van der Waals surface area contributed by atoms with Crippen LogP contribution in [0.25, 0.3) is 0 Å². The predicted molar refractivity (Wildman–Crippen MR) is 70.9 cm³/mol. The Hall–Kier alpha value is -1.56. The van der Waals surface area contributed by atoms with Crippen LogP contribution in [-0.4, -0.2) is 43.7 Å². The van der Waals surface area contributed by atoms with Crippen LogP contribution in [0.3, 0.4) is 0 Å². The molecule has 0 spiro atoms. The van der Waals surface area contributed by atoms with Gasteiger partial charge in [0.2, 0.25) is 10.0 Å². The van der Waals surface area contributed by atoms with Crippen LogP contribution in [0.4, 0.5) is 13.2 Å². The maximum atomic E-state index is 12.4. The topological polar surface area (TPSA) is 57.6 Å². The fourth-order valence-electron chi connectivity index (χ4n) is 1.59. The molecule has 0 aliphatic carbocycles. The van der Waals surface area contributed by atoms with Crippen LogP contribution in [-0.2, 0) is 10.0 Å². The summed E-state index contributed by atoms with van der Waals surface area (Å²) in [6.07, 6.45) is -4.61. The number of benzene rings is 1. The molecule has 116 valence electrons. The number of alkyl halides is 3. The van der Waals surface area contributed by atoms with Crippen molar-refractivity contribution < 1.29 is 26.7 Å². The van der Waals surface area contributed by atoms with E-state index in [1.807, 2.05) is 0 Å². The van der Waals surface area contributed by atoms with Crippen molar-refractivity contribution in [3.05, 3.63) is 29.8 Å². The van der Waals surface area contributed by atoms with E-state index < -0.39 is 29.4 Å². The third kappa shape index (κ3) is 5.04. The zero-order valence-electron chi connectivity index (χ0n) is 11.2. The van der Waals surface area contributed by atoms with Gasteiger partial charge in [-0.3, -0.25) is 0 Å². The Morgan fingerprint density at radius 2 is 2.00 bits per heavy atom. The Kier molecular flexibility index (Phi) is 5.78. The molecule has 1 rings (SSSR count). The number of aliphatic hydroxyl groups excluding tert-OH is 1. The molecule has 1 aromatic rings. The number of hydrogen-bond acceptors (Lipinski definition) is 3. The molecule has 0 heterocycles. The molecule has 0 bridgehead atoms. The maximum Gasteiger partial charge on any atom is 0.402 e. The van der Waals surface area contributed by atoms with Gasteiger partial charge in [-0.25, -0.2) is 8.42 Å². The summed E-state index contributed by atoms with van der Waals surface area (Å²) in [6, 6.07) is 5.27. The molecule has 0 saturated heterocycles. The molecule has 0 aliphatic rings. The summed E-state index contributed by atoms with van der Waals surface area (Å²) in [5.41, 5.74) is 0.299. The van der Waals surface area contributed by atoms with Gasteiger partial charge in [-0.05, 0) is 18.2 Å². The van der Waals surface area contributed by atoms with Gasteiger partial charge in [0.1, 0.15) is 13.2 Å². The van der Waals surface area contributed by atoms with E-state index in [1.54, 1.807) is 0 Å². The van der Waals surface area contributed by atoms with Gasteiger partial charge in [-0.1, -0.05) is 24.8 Å². The Bertz CT molecular complexity index is 645. The van der Waals surface area contributed by atoms with E-state index in [0.717, 1.165) is 0 Å². The van der Waals surface area contributed by atoms with Gasteiger partial charge in [0.15, 0.2) is 0 Å². The summed E-state index contributed by atoms with van der Waals surface area (Å²) in [7, 11) is -4.25. The number of rotatable bonds is 4. The van der Waals surface area contributed by atoms with Crippen molar-refractivity contribution in [3.8, 4) is 11.8 Å². The SMILES string of the molecule is CCN(CC(F)(F)F)S(=O)(=O)c1cccc(C#CCO)c1. The van der Waals surface area contributed by atoms with Gasteiger partial charge < -0.3 is 5.11 Å². The maximum absolute atomic E-state index is 12.4. The molecule has 0 aromatic heterocycles. The lowest BCUT2D eigenvalue weighted by molar-refractivity contribution is -0.135. The average molecular weight is 321 g/mol. The van der Waals surface area contributed by atoms with E-state index in [0.29, 0.717) is 9.87 Å². The van der Waals surface area contributed by atoms with E-state index in [4.69, 9.17) is 5.11 Å². The third-order valence-electron chi connectivity index (χ3n) is 2.49. The highest BCUT2D eigenvalue weighted by Gasteiger charge is 2.36. The van der Waals surface area contributed by atoms with Crippen molar-refractivity contribution in [2.45, 2.75) is 18.0 Å². The van der Waals surface area contributed by atoms with Crippen molar-refractivity contribution in [2.75, 3.05) is 19.7 Å². The summed E-state index contributed by atoms with van der Waals surface area (Å²) in [4.78, 5) is -0.265. The molecule has 0 atom stereocenters. The zero-order chi connectivity index (χ0) is 16.1. The third-order valence-corrected chi connectivity index (χ3v) is 4.41. The normalized spacial score (nSPS) is 12.1. The van der Waals surface area contributed by atoms with Crippen molar-refractivity contribution >= 4 is 10.0 Å². The molecule has 4 nitrogen and oxygen atoms in total. The van der Waals surface area contributed by atoms with Gasteiger partial charge in [-0.15, -0.1) is 0 Å². The second-order valence-corrected chi connectivity index (χ2v) is 5.97. The lowest BCUT2D eigenvalue weighted by Crippen LogP contribution is -2.38. The molecule has 0 aliphatic heterocycles. The summed E-state index contributed by atoms with van der Waals surface area (Å²) >= 11 is 0. The first-order valence-corrected chi connectivity index (χ1v) is 7.41. The molecule has 8 heteroatoms. The quantitative estimate of drug-likeness (QED) is 0.857. The van der Waals surface area contributed by atoms with Crippen molar-refractivity contribution in [3.63, 3.8) is 0 Å². The smallest absolute Gasteiger partial charge is 0.384 e. The number of nitrogens with zero attached hydrogens (tertiary/aromatic N) is 1. The molecular formula is C13H14F3NO3S. The summed E-state index contributed by atoms with van der Waals surface area (Å²) < 4.78 is 62.0. The summed E-state index contributed by atoms with van der Waals surface area (Å²) in [5.74, 6) is 4.85. The van der Waals surface area contributed by atoms with Crippen molar-refractivity contribution in [1.29, 1.82) is 0 Å². The van der Waals surface area contributed by atoms with Crippen LogP contribution < -0.4 is 0 Å². The van der Waals surface area contributed by atoms with E-state index in [1.165, 1.54) is 31.2 Å². The monoisotopic (exact) mass is 321 g/mol. The van der Waals surface area contributed by atoms with Crippen LogP contribution >= 0.6 is 0 Å². The van der Waals surface area contributed by atoms with E-state index in [9.17, 15) is 21.6 Å². The van der Waals surface area contributed by atoms with Crippen LogP contribution in [0.15, 0.2) is 29.2 Å². The van der Waals surface area contributed by atoms with Gasteiger partial charge in [0, 0.05) is 12.1 Å². The predicted octanol–water partition coefficient (Wildman–Crippen LogP) is 1.60. The lowest BCUT2D eigenvalue weighted by atomic mass is 10.2. The highest BCUT2D eigenvalue weighted by Crippen LogP contribution is 2.22. The summed E-state index contributed by atoms with van der Waals surface area (Å²) in [5, 5.41) is 8.59. The number of hydrogen-bond donors (Lipinski definition) is 1. The second kappa shape index (κ2) is 6.93. The highest BCUT2D eigenvalue weighted by atomic mass is 32.2. The molecule has 0 saturated carbocycles. The van der Waals surface area contributed by atoms with Gasteiger partial charge in [-0.2, -0.15) is 17.5 Å². The van der Waals surface area contributed by atoms with E-state index in [2.05, 4.69) is 11.8 Å². The summed E-state index contributed by atoms with van der Waals surface area (Å²) in [6.45, 7) is -0.905.